The number of hydrogen-bond acceptors (Lipinski definition) is 6. The lowest BCUT2D eigenvalue weighted by molar-refractivity contribution is -0.113. The summed E-state index contributed by atoms with van der Waals surface area (Å²) in [5.41, 5.74) is 6.51. The van der Waals surface area contributed by atoms with Crippen molar-refractivity contribution in [2.24, 2.45) is 4.99 Å². The largest absolute Gasteiger partial charge is 0.497 e. The summed E-state index contributed by atoms with van der Waals surface area (Å²) in [6.45, 7) is 11.9. The summed E-state index contributed by atoms with van der Waals surface area (Å²) >= 11 is 1.34. The quantitative estimate of drug-likeness (QED) is 0.305. The SMILES string of the molecule is CCN(CC)c1ccc(/C=c2/sc3n(c2=O)[C@H](c2ccc(OC)cc2)C(C(=O)Nc2ccc(C)cc2C)=C(C)N=3)cc1. The van der Waals surface area contributed by atoms with Gasteiger partial charge in [-0.3, -0.25) is 14.2 Å². The Morgan fingerprint density at radius 3 is 2.33 bits per heavy atom. The van der Waals surface area contributed by atoms with Crippen LogP contribution in [0.3, 0.4) is 0 Å². The minimum absolute atomic E-state index is 0.184. The number of thiazole rings is 1. The van der Waals surface area contributed by atoms with Gasteiger partial charge in [0, 0.05) is 24.5 Å². The highest BCUT2D eigenvalue weighted by molar-refractivity contribution is 7.07. The second-order valence-corrected chi connectivity index (χ2v) is 11.4. The lowest BCUT2D eigenvalue weighted by atomic mass is 9.95. The van der Waals surface area contributed by atoms with E-state index in [0.717, 1.165) is 46.7 Å². The zero-order valence-corrected chi connectivity index (χ0v) is 25.7. The van der Waals surface area contributed by atoms with Gasteiger partial charge in [0.05, 0.1) is 29.0 Å². The zero-order valence-electron chi connectivity index (χ0n) is 24.9. The van der Waals surface area contributed by atoms with Gasteiger partial charge in [-0.25, -0.2) is 4.99 Å². The highest BCUT2D eigenvalue weighted by Crippen LogP contribution is 2.32. The molecule has 1 N–H and O–H groups in total. The number of nitrogens with zero attached hydrogens (tertiary/aromatic N) is 3. The highest BCUT2D eigenvalue weighted by Gasteiger charge is 2.32. The van der Waals surface area contributed by atoms with Gasteiger partial charge in [-0.2, -0.15) is 0 Å². The maximum atomic E-state index is 14.0. The third-order valence-corrected chi connectivity index (χ3v) is 8.63. The van der Waals surface area contributed by atoms with Gasteiger partial charge in [0.15, 0.2) is 4.80 Å². The molecular weight excluding hydrogens is 544 g/mol. The van der Waals surface area contributed by atoms with E-state index in [-0.39, 0.29) is 11.5 Å². The van der Waals surface area contributed by atoms with Gasteiger partial charge < -0.3 is 15.0 Å². The normalized spacial score (nSPS) is 14.8. The molecular formula is C34H36N4O3S. The fourth-order valence-electron chi connectivity index (χ4n) is 5.38. The van der Waals surface area contributed by atoms with E-state index in [1.807, 2.05) is 81.4 Å². The van der Waals surface area contributed by atoms with Crippen LogP contribution in [0.2, 0.25) is 0 Å². The number of aryl methyl sites for hydroxylation is 2. The van der Waals surface area contributed by atoms with Crippen molar-refractivity contribution in [1.29, 1.82) is 0 Å². The molecule has 3 aromatic carbocycles. The molecule has 4 aromatic rings. The molecule has 2 heterocycles. The number of carbonyl (C=O) groups excluding carboxylic acids is 1. The van der Waals surface area contributed by atoms with E-state index in [2.05, 4.69) is 36.2 Å². The molecule has 0 radical (unpaired) electrons. The number of anilines is 2. The van der Waals surface area contributed by atoms with Gasteiger partial charge >= 0.3 is 0 Å². The molecule has 5 rings (SSSR count). The summed E-state index contributed by atoms with van der Waals surface area (Å²) in [7, 11) is 1.61. The van der Waals surface area contributed by atoms with Crippen molar-refractivity contribution in [2.75, 3.05) is 30.4 Å². The van der Waals surface area contributed by atoms with E-state index in [4.69, 9.17) is 9.73 Å². The van der Waals surface area contributed by atoms with Crippen molar-refractivity contribution < 1.29 is 9.53 Å². The summed E-state index contributed by atoms with van der Waals surface area (Å²) in [6.07, 6.45) is 1.90. The third-order valence-electron chi connectivity index (χ3n) is 7.65. The summed E-state index contributed by atoms with van der Waals surface area (Å²) in [5, 5.41) is 3.08. The Hall–Kier alpha value is -4.43. The molecule has 0 unspecified atom stereocenters. The van der Waals surface area contributed by atoms with Crippen LogP contribution in [0.1, 0.15) is 49.1 Å². The van der Waals surface area contributed by atoms with Crippen molar-refractivity contribution >= 4 is 34.7 Å². The molecule has 0 spiro atoms. The van der Waals surface area contributed by atoms with Crippen LogP contribution >= 0.6 is 11.3 Å². The lowest BCUT2D eigenvalue weighted by Gasteiger charge is -2.25. The molecule has 8 heteroatoms. The maximum absolute atomic E-state index is 14.0. The average Bonchev–Trinajstić information content (AvgIpc) is 3.29. The summed E-state index contributed by atoms with van der Waals surface area (Å²) in [6, 6.07) is 21.0. The first-order valence-electron chi connectivity index (χ1n) is 14.1. The van der Waals surface area contributed by atoms with Gasteiger partial charge in [-0.15, -0.1) is 0 Å². The molecule has 1 atom stereocenters. The predicted molar refractivity (Wildman–Crippen MR) is 171 cm³/mol. The molecule has 7 nitrogen and oxygen atoms in total. The Balaban J connectivity index is 1.61. The molecule has 0 bridgehead atoms. The average molecular weight is 581 g/mol. The number of allylic oxidation sites excluding steroid dienone is 1. The fraction of sp³-hybridized carbons (Fsp3) is 0.265. The first kappa shape index (κ1) is 29.1. The zero-order chi connectivity index (χ0) is 30.0. The van der Waals surface area contributed by atoms with Crippen LogP contribution in [0.4, 0.5) is 11.4 Å². The Kier molecular flexibility index (Phi) is 8.45. The number of nitrogens with one attached hydrogen (secondary N) is 1. The van der Waals surface area contributed by atoms with Crippen LogP contribution in [0.15, 0.2) is 87.8 Å². The Bertz CT molecular complexity index is 1830. The van der Waals surface area contributed by atoms with Gasteiger partial charge in [-0.05, 0) is 87.7 Å². The Labute approximate surface area is 250 Å². The number of methoxy groups -OCH3 is 1. The fourth-order valence-corrected chi connectivity index (χ4v) is 6.43. The molecule has 1 amide bonds. The van der Waals surface area contributed by atoms with Gasteiger partial charge in [-0.1, -0.05) is 53.3 Å². The number of carbonyl (C=O) groups is 1. The number of hydrogen-bond donors (Lipinski definition) is 1. The van der Waals surface area contributed by atoms with E-state index in [9.17, 15) is 9.59 Å². The van der Waals surface area contributed by atoms with Crippen LogP contribution in [-0.2, 0) is 4.79 Å². The topological polar surface area (TPSA) is 75.9 Å². The van der Waals surface area contributed by atoms with Gasteiger partial charge in [0.1, 0.15) is 5.75 Å². The highest BCUT2D eigenvalue weighted by atomic mass is 32.1. The summed E-state index contributed by atoms with van der Waals surface area (Å²) < 4.78 is 7.58. The van der Waals surface area contributed by atoms with Crippen LogP contribution in [0.5, 0.6) is 5.75 Å². The van der Waals surface area contributed by atoms with Gasteiger partial charge in [0.2, 0.25) is 0 Å². The summed E-state index contributed by atoms with van der Waals surface area (Å²) in [4.78, 5) is 35.5. The van der Waals surface area contributed by atoms with Gasteiger partial charge in [0.25, 0.3) is 11.5 Å². The monoisotopic (exact) mass is 580 g/mol. The third kappa shape index (κ3) is 5.67. The molecule has 1 aliphatic rings. The molecule has 1 aromatic heterocycles. The van der Waals surface area contributed by atoms with E-state index < -0.39 is 6.04 Å². The molecule has 1 aliphatic heterocycles. The number of fused-ring (bicyclic) bond motifs is 1. The van der Waals surface area contributed by atoms with Crippen LogP contribution in [-0.4, -0.2) is 30.7 Å². The molecule has 0 fully saturated rings. The number of amides is 1. The second kappa shape index (κ2) is 12.2. The first-order valence-corrected chi connectivity index (χ1v) is 15.0. The predicted octanol–water partition coefficient (Wildman–Crippen LogP) is 5.35. The summed E-state index contributed by atoms with van der Waals surface area (Å²) in [5.74, 6) is 0.409. The smallest absolute Gasteiger partial charge is 0.271 e. The number of benzene rings is 3. The van der Waals surface area contributed by atoms with E-state index in [1.165, 1.54) is 11.3 Å². The second-order valence-electron chi connectivity index (χ2n) is 10.4. The Morgan fingerprint density at radius 2 is 1.71 bits per heavy atom. The molecule has 42 heavy (non-hydrogen) atoms. The molecule has 0 saturated carbocycles. The van der Waals surface area contributed by atoms with E-state index in [1.54, 1.807) is 11.7 Å². The minimum Gasteiger partial charge on any atom is -0.497 e. The van der Waals surface area contributed by atoms with Crippen molar-refractivity contribution in [3.8, 4) is 5.75 Å². The number of aromatic nitrogens is 1. The standard InChI is InChI=1S/C34H36N4O3S/c1-7-37(8-2)26-14-10-24(11-15-26)20-29-33(40)38-31(25-12-16-27(41-6)17-13-25)30(23(5)35-34(38)42-29)32(39)36-28-18-9-21(3)19-22(28)4/h9-20,31H,7-8H2,1-6H3,(H,36,39)/b29-20+/t31-/m1/s1. The van der Waals surface area contributed by atoms with Crippen molar-refractivity contribution in [3.05, 3.63) is 120 Å². The minimum atomic E-state index is -0.648. The van der Waals surface area contributed by atoms with Crippen LogP contribution in [0.25, 0.3) is 6.08 Å². The number of rotatable bonds is 8. The van der Waals surface area contributed by atoms with E-state index >= 15 is 0 Å². The molecule has 0 aliphatic carbocycles. The van der Waals surface area contributed by atoms with Crippen molar-refractivity contribution in [2.45, 2.75) is 40.7 Å². The van der Waals surface area contributed by atoms with Crippen LogP contribution < -0.4 is 29.8 Å². The number of ether oxygens (including phenoxy) is 1. The Morgan fingerprint density at radius 1 is 1.02 bits per heavy atom. The lowest BCUT2D eigenvalue weighted by Crippen LogP contribution is -2.40. The maximum Gasteiger partial charge on any atom is 0.271 e. The molecule has 0 saturated heterocycles. The first-order chi connectivity index (χ1) is 20.2. The van der Waals surface area contributed by atoms with Crippen LogP contribution in [0, 0.1) is 13.8 Å². The van der Waals surface area contributed by atoms with Crippen molar-refractivity contribution in [1.82, 2.24) is 4.57 Å². The van der Waals surface area contributed by atoms with E-state index in [0.29, 0.717) is 26.4 Å². The van der Waals surface area contributed by atoms with Crippen molar-refractivity contribution in [3.63, 3.8) is 0 Å². The molecule has 216 valence electrons.